The first kappa shape index (κ1) is 13.4. The van der Waals surface area contributed by atoms with Gasteiger partial charge in [0, 0.05) is 36.7 Å². The molecule has 100 valence electrons. The first-order valence-electron chi connectivity index (χ1n) is 6.53. The topological polar surface area (TPSA) is 63.6 Å². The molecule has 0 atom stereocenters. The summed E-state index contributed by atoms with van der Waals surface area (Å²) in [6, 6.07) is 1.98. The zero-order valence-corrected chi connectivity index (χ0v) is 11.6. The Morgan fingerprint density at radius 2 is 1.68 bits per heavy atom. The van der Waals surface area contributed by atoms with Crippen LogP contribution in [0, 0.1) is 13.8 Å². The van der Waals surface area contributed by atoms with Crippen molar-refractivity contribution in [2.45, 2.75) is 33.6 Å². The molecule has 5 nitrogen and oxygen atoms in total. The molecule has 19 heavy (non-hydrogen) atoms. The minimum Gasteiger partial charge on any atom is -0.354 e. The molecule has 0 bridgehead atoms. The quantitative estimate of drug-likeness (QED) is 0.888. The second-order valence-corrected chi connectivity index (χ2v) is 4.51. The van der Waals surface area contributed by atoms with Gasteiger partial charge in [-0.15, -0.1) is 0 Å². The number of nitrogens with one attached hydrogen (secondary N) is 1. The van der Waals surface area contributed by atoms with Crippen molar-refractivity contribution in [2.75, 3.05) is 11.9 Å². The van der Waals surface area contributed by atoms with Crippen LogP contribution in [0.1, 0.15) is 29.7 Å². The lowest BCUT2D eigenvalue weighted by molar-refractivity contribution is 0.856. The van der Waals surface area contributed by atoms with E-state index in [1.807, 2.05) is 32.3 Å². The van der Waals surface area contributed by atoms with Gasteiger partial charge in [-0.05, 0) is 31.9 Å². The molecule has 0 spiro atoms. The van der Waals surface area contributed by atoms with Crippen molar-refractivity contribution < 1.29 is 0 Å². The highest BCUT2D eigenvalue weighted by molar-refractivity contribution is 5.24. The predicted molar refractivity (Wildman–Crippen MR) is 75.1 cm³/mol. The molecule has 0 saturated heterocycles. The van der Waals surface area contributed by atoms with E-state index < -0.39 is 0 Å². The van der Waals surface area contributed by atoms with Crippen molar-refractivity contribution in [2.24, 2.45) is 0 Å². The van der Waals surface area contributed by atoms with E-state index in [-0.39, 0.29) is 0 Å². The third-order valence-electron chi connectivity index (χ3n) is 2.77. The van der Waals surface area contributed by atoms with Crippen molar-refractivity contribution in [3.8, 4) is 0 Å². The molecule has 2 aromatic heterocycles. The number of anilines is 1. The van der Waals surface area contributed by atoms with E-state index in [0.29, 0.717) is 5.95 Å². The molecule has 5 heteroatoms. The fourth-order valence-corrected chi connectivity index (χ4v) is 1.83. The smallest absolute Gasteiger partial charge is 0.222 e. The van der Waals surface area contributed by atoms with Crippen LogP contribution in [0.5, 0.6) is 0 Å². The Morgan fingerprint density at radius 1 is 1.05 bits per heavy atom. The number of rotatable bonds is 5. The van der Waals surface area contributed by atoms with E-state index in [4.69, 9.17) is 0 Å². The van der Waals surface area contributed by atoms with Gasteiger partial charge in [-0.3, -0.25) is 0 Å². The summed E-state index contributed by atoms with van der Waals surface area (Å²) in [5.41, 5.74) is 3.15. The average molecular weight is 257 g/mol. The largest absolute Gasteiger partial charge is 0.354 e. The van der Waals surface area contributed by atoms with Crippen LogP contribution in [0.2, 0.25) is 0 Å². The average Bonchev–Trinajstić information content (AvgIpc) is 2.38. The molecule has 0 aliphatic rings. The van der Waals surface area contributed by atoms with Gasteiger partial charge in [0.2, 0.25) is 5.95 Å². The maximum atomic E-state index is 4.40. The van der Waals surface area contributed by atoms with Crippen molar-refractivity contribution in [1.82, 2.24) is 19.9 Å². The number of aryl methyl sites for hydroxylation is 3. The lowest BCUT2D eigenvalue weighted by Crippen LogP contribution is -2.10. The van der Waals surface area contributed by atoms with Crippen LogP contribution in [0.3, 0.4) is 0 Å². The summed E-state index contributed by atoms with van der Waals surface area (Å²) >= 11 is 0. The minimum absolute atomic E-state index is 0.654. The lowest BCUT2D eigenvalue weighted by Gasteiger charge is -2.05. The Labute approximate surface area is 113 Å². The minimum atomic E-state index is 0.654. The lowest BCUT2D eigenvalue weighted by atomic mass is 10.3. The van der Waals surface area contributed by atoms with E-state index in [1.165, 1.54) is 0 Å². The molecule has 0 radical (unpaired) electrons. The summed E-state index contributed by atoms with van der Waals surface area (Å²) < 4.78 is 0. The van der Waals surface area contributed by atoms with Crippen molar-refractivity contribution in [1.29, 1.82) is 0 Å². The second-order valence-electron chi connectivity index (χ2n) is 4.51. The van der Waals surface area contributed by atoms with E-state index in [9.17, 15) is 0 Å². The first-order chi connectivity index (χ1) is 9.17. The molecule has 0 aliphatic heterocycles. The molecule has 0 fully saturated rings. The third-order valence-corrected chi connectivity index (χ3v) is 2.77. The third kappa shape index (κ3) is 3.98. The molecule has 2 heterocycles. The summed E-state index contributed by atoms with van der Waals surface area (Å²) in [6.07, 6.45) is 5.42. The second kappa shape index (κ2) is 6.22. The molecule has 2 rings (SSSR count). The molecular formula is C14H19N5. The molecule has 0 saturated carbocycles. The van der Waals surface area contributed by atoms with E-state index in [2.05, 4.69) is 32.2 Å². The number of hydrogen-bond donors (Lipinski definition) is 1. The summed E-state index contributed by atoms with van der Waals surface area (Å²) in [5.74, 6) is 1.51. The number of nitrogens with zero attached hydrogens (tertiary/aromatic N) is 4. The Hall–Kier alpha value is -2.04. The fraction of sp³-hybridized carbons (Fsp3) is 0.429. The van der Waals surface area contributed by atoms with Gasteiger partial charge in [0.05, 0.1) is 0 Å². The Kier molecular flexibility index (Phi) is 4.39. The zero-order valence-electron chi connectivity index (χ0n) is 11.6. The molecular weight excluding hydrogens is 238 g/mol. The van der Waals surface area contributed by atoms with Gasteiger partial charge in [0.15, 0.2) is 0 Å². The van der Waals surface area contributed by atoms with Crippen molar-refractivity contribution in [3.63, 3.8) is 0 Å². The predicted octanol–water partition coefficient (Wildman–Crippen LogP) is 2.10. The highest BCUT2D eigenvalue weighted by Crippen LogP contribution is 2.02. The van der Waals surface area contributed by atoms with Crippen LogP contribution in [0.15, 0.2) is 18.5 Å². The molecule has 0 aromatic carbocycles. The van der Waals surface area contributed by atoms with Gasteiger partial charge in [-0.1, -0.05) is 6.92 Å². The Bertz CT molecular complexity index is 516. The monoisotopic (exact) mass is 257 g/mol. The highest BCUT2D eigenvalue weighted by atomic mass is 15.1. The number of aromatic nitrogens is 4. The summed E-state index contributed by atoms with van der Waals surface area (Å²) in [6.45, 7) is 6.79. The van der Waals surface area contributed by atoms with Crippen LogP contribution in [-0.2, 0) is 12.8 Å². The van der Waals surface area contributed by atoms with Gasteiger partial charge in [0.1, 0.15) is 5.82 Å². The summed E-state index contributed by atoms with van der Waals surface area (Å²) in [4.78, 5) is 17.3. The normalized spacial score (nSPS) is 10.5. The van der Waals surface area contributed by atoms with Crippen molar-refractivity contribution in [3.05, 3.63) is 41.2 Å². The van der Waals surface area contributed by atoms with E-state index >= 15 is 0 Å². The van der Waals surface area contributed by atoms with E-state index in [1.54, 1.807) is 0 Å². The van der Waals surface area contributed by atoms with Crippen molar-refractivity contribution >= 4 is 5.95 Å². The number of hydrogen-bond acceptors (Lipinski definition) is 5. The standard InChI is InChI=1S/C14H19N5/c1-4-12-8-16-14(17-9-12)15-6-5-13-18-10(2)7-11(3)19-13/h7-9H,4-6H2,1-3H3,(H,15,16,17). The highest BCUT2D eigenvalue weighted by Gasteiger charge is 2.01. The molecule has 2 aromatic rings. The fourth-order valence-electron chi connectivity index (χ4n) is 1.83. The van der Waals surface area contributed by atoms with Gasteiger partial charge in [-0.25, -0.2) is 19.9 Å². The molecule has 0 unspecified atom stereocenters. The summed E-state index contributed by atoms with van der Waals surface area (Å²) in [5, 5.41) is 3.18. The Balaban J connectivity index is 1.88. The first-order valence-corrected chi connectivity index (χ1v) is 6.53. The van der Waals surface area contributed by atoms with Crippen LogP contribution in [0.4, 0.5) is 5.95 Å². The van der Waals surface area contributed by atoms with Crippen LogP contribution in [0.25, 0.3) is 0 Å². The molecule has 0 aliphatic carbocycles. The van der Waals surface area contributed by atoms with Gasteiger partial charge < -0.3 is 5.32 Å². The van der Waals surface area contributed by atoms with Crippen LogP contribution < -0.4 is 5.32 Å². The maximum absolute atomic E-state index is 4.40. The zero-order chi connectivity index (χ0) is 13.7. The van der Waals surface area contributed by atoms with Gasteiger partial charge >= 0.3 is 0 Å². The van der Waals surface area contributed by atoms with Crippen LogP contribution >= 0.6 is 0 Å². The maximum Gasteiger partial charge on any atom is 0.222 e. The molecule has 1 N–H and O–H groups in total. The van der Waals surface area contributed by atoms with E-state index in [0.717, 1.165) is 42.2 Å². The van der Waals surface area contributed by atoms with Gasteiger partial charge in [0.25, 0.3) is 0 Å². The van der Waals surface area contributed by atoms with Crippen LogP contribution in [-0.4, -0.2) is 26.5 Å². The SMILES string of the molecule is CCc1cnc(NCCc2nc(C)cc(C)n2)nc1. The Morgan fingerprint density at radius 3 is 2.26 bits per heavy atom. The van der Waals surface area contributed by atoms with Gasteiger partial charge in [-0.2, -0.15) is 0 Å². The molecule has 0 amide bonds. The summed E-state index contributed by atoms with van der Waals surface area (Å²) in [7, 11) is 0.